The second-order valence-electron chi connectivity index (χ2n) is 6.13. The third-order valence-corrected chi connectivity index (χ3v) is 4.15. The fraction of sp³-hybridized carbons (Fsp3) is 0.529. The summed E-state index contributed by atoms with van der Waals surface area (Å²) in [4.78, 5) is 25.9. The van der Waals surface area contributed by atoms with Gasteiger partial charge in [-0.3, -0.25) is 9.59 Å². The third kappa shape index (κ3) is 4.48. The molecule has 120 valence electrons. The van der Waals surface area contributed by atoms with Gasteiger partial charge in [0.05, 0.1) is 0 Å². The summed E-state index contributed by atoms with van der Waals surface area (Å²) in [5, 5.41) is 12.1. The number of carbonyl (C=O) groups excluding carboxylic acids is 2. The first kappa shape index (κ1) is 16.3. The van der Waals surface area contributed by atoms with Crippen LogP contribution in [-0.2, 0) is 16.0 Å². The summed E-state index contributed by atoms with van der Waals surface area (Å²) in [5.41, 5.74) is 0.912. The van der Waals surface area contributed by atoms with Crippen LogP contribution in [0.25, 0.3) is 0 Å². The van der Waals surface area contributed by atoms with Gasteiger partial charge < -0.3 is 15.3 Å². The van der Waals surface area contributed by atoms with Crippen LogP contribution in [0.5, 0.6) is 5.75 Å². The van der Waals surface area contributed by atoms with E-state index in [1.54, 1.807) is 24.3 Å². The molecule has 2 rings (SSSR count). The number of hydrogen-bond donors (Lipinski definition) is 2. The van der Waals surface area contributed by atoms with Crippen LogP contribution in [0.3, 0.4) is 0 Å². The summed E-state index contributed by atoms with van der Waals surface area (Å²) in [6, 6.07) is 6.18. The molecule has 2 amide bonds. The quantitative estimate of drug-likeness (QED) is 0.889. The maximum atomic E-state index is 12.7. The molecule has 1 fully saturated rings. The van der Waals surface area contributed by atoms with E-state index in [9.17, 15) is 14.7 Å². The van der Waals surface area contributed by atoms with Crippen LogP contribution in [0.4, 0.5) is 0 Å². The summed E-state index contributed by atoms with van der Waals surface area (Å²) in [6.45, 7) is 5.14. The molecular weight excluding hydrogens is 280 g/mol. The lowest BCUT2D eigenvalue weighted by Gasteiger charge is -2.33. The highest BCUT2D eigenvalue weighted by Crippen LogP contribution is 2.18. The topological polar surface area (TPSA) is 69.6 Å². The average Bonchev–Trinajstić information content (AvgIpc) is 2.48. The Morgan fingerprint density at radius 3 is 2.41 bits per heavy atom. The van der Waals surface area contributed by atoms with Gasteiger partial charge in [0.25, 0.3) is 0 Å². The highest BCUT2D eigenvalue weighted by molar-refractivity contribution is 5.87. The molecule has 22 heavy (non-hydrogen) atoms. The molecule has 0 aromatic heterocycles. The van der Waals surface area contributed by atoms with Gasteiger partial charge in [-0.2, -0.15) is 0 Å². The first-order chi connectivity index (χ1) is 10.5. The number of benzene rings is 1. The van der Waals surface area contributed by atoms with E-state index in [1.807, 2.05) is 4.90 Å². The van der Waals surface area contributed by atoms with Crippen molar-refractivity contribution in [3.05, 3.63) is 29.8 Å². The Morgan fingerprint density at radius 1 is 1.27 bits per heavy atom. The minimum absolute atomic E-state index is 0.0184. The van der Waals surface area contributed by atoms with Crippen LogP contribution in [0, 0.1) is 5.92 Å². The number of hydrogen-bond acceptors (Lipinski definition) is 3. The molecule has 1 saturated heterocycles. The Labute approximate surface area is 131 Å². The van der Waals surface area contributed by atoms with Gasteiger partial charge in [-0.25, -0.2) is 0 Å². The second kappa shape index (κ2) is 7.29. The number of phenolic OH excluding ortho intramolecular Hbond substituents is 1. The first-order valence-electron chi connectivity index (χ1n) is 7.79. The molecule has 1 aromatic rings. The smallest absolute Gasteiger partial charge is 0.245 e. The van der Waals surface area contributed by atoms with Gasteiger partial charge in [0.15, 0.2) is 0 Å². The van der Waals surface area contributed by atoms with E-state index in [1.165, 1.54) is 6.92 Å². The SMILES string of the molecule is CC(=O)N[C@@H](Cc1ccc(O)cc1)C(=O)N1CCC(C)CC1. The standard InChI is InChI=1S/C17H24N2O3/c1-12-7-9-19(10-8-12)17(22)16(18-13(2)20)11-14-3-5-15(21)6-4-14/h3-6,12,16,21H,7-11H2,1-2H3,(H,18,20)/t16-/m0/s1. The Hall–Kier alpha value is -2.04. The van der Waals surface area contributed by atoms with Crippen molar-refractivity contribution in [2.45, 2.75) is 39.2 Å². The lowest BCUT2D eigenvalue weighted by atomic mass is 9.97. The van der Waals surface area contributed by atoms with Gasteiger partial charge in [-0.05, 0) is 36.5 Å². The van der Waals surface area contributed by atoms with Crippen LogP contribution in [0.2, 0.25) is 0 Å². The van der Waals surface area contributed by atoms with Gasteiger partial charge in [0, 0.05) is 26.4 Å². The highest BCUT2D eigenvalue weighted by Gasteiger charge is 2.27. The van der Waals surface area contributed by atoms with Crippen molar-refractivity contribution in [1.29, 1.82) is 0 Å². The van der Waals surface area contributed by atoms with Crippen molar-refractivity contribution in [1.82, 2.24) is 10.2 Å². The van der Waals surface area contributed by atoms with Crippen molar-refractivity contribution >= 4 is 11.8 Å². The summed E-state index contributed by atoms with van der Waals surface area (Å²) in [5.74, 6) is 0.620. The lowest BCUT2D eigenvalue weighted by Crippen LogP contribution is -2.51. The molecule has 0 unspecified atom stereocenters. The molecule has 1 aliphatic heterocycles. The van der Waals surface area contributed by atoms with Gasteiger partial charge in [-0.1, -0.05) is 19.1 Å². The number of likely N-dealkylation sites (tertiary alicyclic amines) is 1. The molecule has 0 radical (unpaired) electrons. The molecule has 0 spiro atoms. The Morgan fingerprint density at radius 2 is 1.86 bits per heavy atom. The summed E-state index contributed by atoms with van der Waals surface area (Å²) in [6.07, 6.45) is 2.46. The maximum Gasteiger partial charge on any atom is 0.245 e. The number of aromatic hydroxyl groups is 1. The molecule has 0 saturated carbocycles. The summed E-state index contributed by atoms with van der Waals surface area (Å²) < 4.78 is 0. The van der Waals surface area contributed by atoms with Crippen molar-refractivity contribution in [2.24, 2.45) is 5.92 Å². The lowest BCUT2D eigenvalue weighted by molar-refractivity contribution is -0.137. The molecule has 1 atom stereocenters. The van der Waals surface area contributed by atoms with Crippen LogP contribution in [-0.4, -0.2) is 41.0 Å². The van der Waals surface area contributed by atoms with Crippen molar-refractivity contribution in [3.63, 3.8) is 0 Å². The largest absolute Gasteiger partial charge is 0.508 e. The van der Waals surface area contributed by atoms with Crippen molar-refractivity contribution in [2.75, 3.05) is 13.1 Å². The van der Waals surface area contributed by atoms with E-state index < -0.39 is 6.04 Å². The van der Waals surface area contributed by atoms with Crippen LogP contribution in [0.15, 0.2) is 24.3 Å². The van der Waals surface area contributed by atoms with E-state index in [4.69, 9.17) is 0 Å². The minimum Gasteiger partial charge on any atom is -0.508 e. The predicted octanol–water partition coefficient (Wildman–Crippen LogP) is 1.70. The summed E-state index contributed by atoms with van der Waals surface area (Å²) >= 11 is 0. The van der Waals surface area contributed by atoms with E-state index in [0.717, 1.165) is 31.5 Å². The van der Waals surface area contributed by atoms with Crippen LogP contribution < -0.4 is 5.32 Å². The number of nitrogens with zero attached hydrogens (tertiary/aromatic N) is 1. The molecule has 1 aromatic carbocycles. The van der Waals surface area contributed by atoms with E-state index in [-0.39, 0.29) is 17.6 Å². The zero-order chi connectivity index (χ0) is 16.1. The number of rotatable bonds is 4. The zero-order valence-corrected chi connectivity index (χ0v) is 13.2. The molecule has 1 heterocycles. The number of amides is 2. The maximum absolute atomic E-state index is 12.7. The normalized spacial score (nSPS) is 17.1. The third-order valence-electron chi connectivity index (χ3n) is 4.15. The highest BCUT2D eigenvalue weighted by atomic mass is 16.3. The number of nitrogens with one attached hydrogen (secondary N) is 1. The zero-order valence-electron chi connectivity index (χ0n) is 13.2. The number of phenols is 1. The number of piperidine rings is 1. The number of carbonyl (C=O) groups is 2. The Bertz CT molecular complexity index is 519. The molecular formula is C17H24N2O3. The van der Waals surface area contributed by atoms with Gasteiger partial charge in [0.2, 0.25) is 11.8 Å². The van der Waals surface area contributed by atoms with Crippen molar-refractivity contribution < 1.29 is 14.7 Å². The minimum atomic E-state index is -0.546. The fourth-order valence-electron chi connectivity index (χ4n) is 2.76. The molecule has 2 N–H and O–H groups in total. The van der Waals surface area contributed by atoms with Gasteiger partial charge in [-0.15, -0.1) is 0 Å². The van der Waals surface area contributed by atoms with Crippen molar-refractivity contribution in [3.8, 4) is 5.75 Å². The van der Waals surface area contributed by atoms with Crippen LogP contribution >= 0.6 is 0 Å². The Balaban J connectivity index is 2.06. The van der Waals surface area contributed by atoms with E-state index >= 15 is 0 Å². The predicted molar refractivity (Wildman–Crippen MR) is 84.4 cm³/mol. The van der Waals surface area contributed by atoms with Gasteiger partial charge >= 0.3 is 0 Å². The molecule has 1 aliphatic rings. The fourth-order valence-corrected chi connectivity index (χ4v) is 2.76. The van der Waals surface area contributed by atoms with Crippen LogP contribution in [0.1, 0.15) is 32.3 Å². The van der Waals surface area contributed by atoms with E-state index in [0.29, 0.717) is 12.3 Å². The molecule has 0 aliphatic carbocycles. The summed E-state index contributed by atoms with van der Waals surface area (Å²) in [7, 11) is 0. The molecule has 0 bridgehead atoms. The monoisotopic (exact) mass is 304 g/mol. The molecule has 5 nitrogen and oxygen atoms in total. The van der Waals surface area contributed by atoms with E-state index in [2.05, 4.69) is 12.2 Å². The average molecular weight is 304 g/mol. The first-order valence-corrected chi connectivity index (χ1v) is 7.79. The second-order valence-corrected chi connectivity index (χ2v) is 6.13. The molecule has 5 heteroatoms. The van der Waals surface area contributed by atoms with Gasteiger partial charge in [0.1, 0.15) is 11.8 Å². The Kier molecular flexibility index (Phi) is 5.41.